The van der Waals surface area contributed by atoms with Crippen LogP contribution < -0.4 is 0 Å². The average molecular weight is 735 g/mol. The molecule has 0 saturated heterocycles. The second-order valence-electron chi connectivity index (χ2n) is 14.2. The Morgan fingerprint density at radius 3 is 1.61 bits per heavy atom. The second kappa shape index (κ2) is 12.5. The first-order chi connectivity index (χ1) is 33.3. The third-order valence-electron chi connectivity index (χ3n) is 11.2. The molecule has 0 amide bonds. The van der Waals surface area contributed by atoms with Crippen molar-refractivity contribution in [1.82, 2.24) is 0 Å². The van der Waals surface area contributed by atoms with Crippen LogP contribution in [0.4, 0.5) is 0 Å². The Kier molecular flexibility index (Phi) is 4.87. The molecular weight excluding hydrogens is 689 g/mol. The number of hydrogen-bond acceptors (Lipinski definition) is 1. The summed E-state index contributed by atoms with van der Waals surface area (Å²) in [7, 11) is 0. The fourth-order valence-electron chi connectivity index (χ4n) is 8.79. The van der Waals surface area contributed by atoms with Gasteiger partial charge in [-0.25, -0.2) is 0 Å². The molecule has 0 aliphatic rings. The van der Waals surface area contributed by atoms with Gasteiger partial charge < -0.3 is 4.42 Å². The lowest BCUT2D eigenvalue weighted by Crippen LogP contribution is -1.93. The molecule has 11 aromatic carbocycles. The van der Waals surface area contributed by atoms with Gasteiger partial charge >= 0.3 is 0 Å². The van der Waals surface area contributed by atoms with Crippen molar-refractivity contribution in [3.63, 3.8) is 0 Å². The predicted molar refractivity (Wildman–Crippen MR) is 243 cm³/mol. The molecule has 0 spiro atoms. The summed E-state index contributed by atoms with van der Waals surface area (Å²) in [6.07, 6.45) is 0. The van der Waals surface area contributed by atoms with E-state index in [1.165, 1.54) is 0 Å². The summed E-state index contributed by atoms with van der Waals surface area (Å²) in [5.41, 5.74) is 6.10. The molecule has 1 aromatic heterocycles. The topological polar surface area (TPSA) is 13.1 Å². The average Bonchev–Trinajstić information content (AvgIpc) is 3.74. The van der Waals surface area contributed by atoms with Crippen molar-refractivity contribution in [2.24, 2.45) is 0 Å². The Morgan fingerprint density at radius 2 is 0.895 bits per heavy atom. The fraction of sp³-hybridized carbons (Fsp3) is 0. The highest BCUT2D eigenvalue weighted by Crippen LogP contribution is 2.48. The first kappa shape index (κ1) is 22.2. The first-order valence-corrected chi connectivity index (χ1v) is 18.7. The van der Waals surface area contributed by atoms with E-state index >= 15 is 0 Å². The highest BCUT2D eigenvalue weighted by molar-refractivity contribution is 6.27. The van der Waals surface area contributed by atoms with Crippen LogP contribution in [0, 0.1) is 0 Å². The number of furan rings is 1. The maximum atomic E-state index is 9.02. The Bertz CT molecular complexity index is 4200. The van der Waals surface area contributed by atoms with Crippen molar-refractivity contribution in [2.75, 3.05) is 0 Å². The van der Waals surface area contributed by atoms with E-state index < -0.39 is 48.3 Å². The molecule has 1 heterocycles. The lowest BCUT2D eigenvalue weighted by Gasteiger charge is -2.20. The summed E-state index contributed by atoms with van der Waals surface area (Å²) in [6.45, 7) is 0. The third-order valence-corrected chi connectivity index (χ3v) is 11.2. The normalized spacial score (nSPS) is 14.8. The van der Waals surface area contributed by atoms with Gasteiger partial charge in [-0.15, -0.1) is 0 Å². The molecule has 0 aliphatic carbocycles. The van der Waals surface area contributed by atoms with E-state index in [0.29, 0.717) is 22.3 Å². The Hall–Kier alpha value is -7.48. The number of rotatable bonds is 4. The molecule has 12 aromatic rings. The predicted octanol–water partition coefficient (Wildman–Crippen LogP) is 16.0. The number of hydrogen-bond donors (Lipinski definition) is 0. The van der Waals surface area contributed by atoms with Gasteiger partial charge in [0.1, 0.15) is 11.2 Å². The number of benzene rings is 11. The van der Waals surface area contributed by atoms with Crippen LogP contribution in [0.15, 0.2) is 210 Å². The van der Waals surface area contributed by atoms with Crippen LogP contribution in [0.2, 0.25) is 0 Å². The summed E-state index contributed by atoms with van der Waals surface area (Å²) in [5.74, 6) is 0. The first-order valence-electron chi connectivity index (χ1n) is 24.7. The molecule has 1 nitrogen and oxygen atoms in total. The van der Waals surface area contributed by atoms with Crippen molar-refractivity contribution in [2.45, 2.75) is 0 Å². The van der Waals surface area contributed by atoms with E-state index in [-0.39, 0.29) is 46.1 Å². The Labute approximate surface area is 346 Å². The molecule has 0 unspecified atom stereocenters. The fourth-order valence-corrected chi connectivity index (χ4v) is 8.79. The third kappa shape index (κ3) is 4.89. The van der Waals surface area contributed by atoms with Gasteiger partial charge in [0.15, 0.2) is 0 Å². The Morgan fingerprint density at radius 1 is 0.316 bits per heavy atom. The molecule has 0 bridgehead atoms. The van der Waals surface area contributed by atoms with Gasteiger partial charge in [-0.2, -0.15) is 0 Å². The Balaban J connectivity index is 1.08. The standard InChI is InChI=1S/C56H34O/c1-2-15-36(16-3-1)54-46-21-8-10-23-48(46)56(49-24-11-9-22-47(49)54)51-32-37-17-5-7-20-42(37)55-43(26-13-27-50(51)55)39-29-31-45-44-30-28-38(33-52(44)57-53(45)34-39)41-25-12-18-35-14-4-6-19-40(35)41/h1-34H/i1D,2D,3D,4D,6D,12D,14D,15D,16D,18D,19D,25D. The summed E-state index contributed by atoms with van der Waals surface area (Å²) in [5, 5.41) is 8.81. The molecule has 0 saturated carbocycles. The molecule has 12 rings (SSSR count). The highest BCUT2D eigenvalue weighted by atomic mass is 16.3. The summed E-state index contributed by atoms with van der Waals surface area (Å²) < 4.78 is 110. The van der Waals surface area contributed by atoms with Crippen LogP contribution >= 0.6 is 0 Å². The summed E-state index contributed by atoms with van der Waals surface area (Å²) in [4.78, 5) is 0. The van der Waals surface area contributed by atoms with Gasteiger partial charge in [0, 0.05) is 10.8 Å². The molecule has 57 heavy (non-hydrogen) atoms. The maximum absolute atomic E-state index is 9.02. The largest absolute Gasteiger partial charge is 0.456 e. The zero-order valence-corrected chi connectivity index (χ0v) is 30.1. The lowest BCUT2D eigenvalue weighted by molar-refractivity contribution is 0.669. The van der Waals surface area contributed by atoms with Gasteiger partial charge in [0.25, 0.3) is 0 Å². The van der Waals surface area contributed by atoms with Gasteiger partial charge in [-0.3, -0.25) is 0 Å². The molecular formula is C56H34O. The van der Waals surface area contributed by atoms with Crippen LogP contribution in [0.25, 0.3) is 120 Å². The molecule has 0 radical (unpaired) electrons. The highest BCUT2D eigenvalue weighted by Gasteiger charge is 2.21. The van der Waals surface area contributed by atoms with E-state index in [0.717, 1.165) is 76.1 Å². The van der Waals surface area contributed by atoms with Gasteiger partial charge in [0.05, 0.1) is 16.4 Å². The lowest BCUT2D eigenvalue weighted by atomic mass is 9.83. The van der Waals surface area contributed by atoms with Crippen LogP contribution in [-0.4, -0.2) is 0 Å². The van der Waals surface area contributed by atoms with E-state index in [1.807, 2.05) is 84.9 Å². The van der Waals surface area contributed by atoms with Crippen LogP contribution in [-0.2, 0) is 0 Å². The van der Waals surface area contributed by atoms with E-state index in [9.17, 15) is 0 Å². The molecule has 0 atom stereocenters. The van der Waals surface area contributed by atoms with Crippen LogP contribution in [0.3, 0.4) is 0 Å². The van der Waals surface area contributed by atoms with Crippen LogP contribution in [0.5, 0.6) is 0 Å². The van der Waals surface area contributed by atoms with Gasteiger partial charge in [0.2, 0.25) is 0 Å². The van der Waals surface area contributed by atoms with Gasteiger partial charge in [-0.05, 0) is 129 Å². The maximum Gasteiger partial charge on any atom is 0.136 e. The smallest absolute Gasteiger partial charge is 0.136 e. The SMILES string of the molecule is [2H]c1c([2H])c([2H])c(-c2c3ccccc3c(-c3cc4ccccc4c4c(-c5ccc6c(c5)oc5cc(-c7c([2H])c([2H])c([2H])c8c([2H])c([2H])c([2H])c([2H])c78)ccc56)cccc34)c3ccccc23)c([2H])c1[2H]. The van der Waals surface area contributed by atoms with Crippen LogP contribution in [0.1, 0.15) is 16.4 Å². The molecule has 1 heteroatoms. The van der Waals surface area contributed by atoms with E-state index in [2.05, 4.69) is 36.4 Å². The minimum atomic E-state index is -0.505. The minimum Gasteiger partial charge on any atom is -0.456 e. The van der Waals surface area contributed by atoms with Crippen molar-refractivity contribution in [3.05, 3.63) is 206 Å². The van der Waals surface area contributed by atoms with Crippen molar-refractivity contribution in [1.29, 1.82) is 0 Å². The molecule has 0 aliphatic heterocycles. The van der Waals surface area contributed by atoms with Crippen molar-refractivity contribution >= 4 is 75.8 Å². The zero-order valence-electron chi connectivity index (χ0n) is 42.1. The second-order valence-corrected chi connectivity index (χ2v) is 14.2. The van der Waals surface area contributed by atoms with E-state index in [1.54, 1.807) is 12.1 Å². The zero-order chi connectivity index (χ0) is 47.9. The van der Waals surface area contributed by atoms with Crippen molar-refractivity contribution < 1.29 is 20.9 Å². The minimum absolute atomic E-state index is 0.0123. The molecule has 0 fully saturated rings. The van der Waals surface area contributed by atoms with E-state index in [4.69, 9.17) is 20.9 Å². The van der Waals surface area contributed by atoms with Gasteiger partial charge in [-0.1, -0.05) is 176 Å². The summed E-state index contributed by atoms with van der Waals surface area (Å²) >= 11 is 0. The molecule has 0 N–H and O–H groups in total. The molecule has 264 valence electrons. The monoisotopic (exact) mass is 734 g/mol. The summed E-state index contributed by atoms with van der Waals surface area (Å²) in [6, 6.07) is 39.1. The number of fused-ring (bicyclic) bond motifs is 9. The quantitative estimate of drug-likeness (QED) is 0.130. The van der Waals surface area contributed by atoms with Crippen molar-refractivity contribution in [3.8, 4) is 44.5 Å².